The van der Waals surface area contributed by atoms with Gasteiger partial charge >= 0.3 is 0 Å². The quantitative estimate of drug-likeness (QED) is 0.634. The zero-order chi connectivity index (χ0) is 18.7. The highest BCUT2D eigenvalue weighted by Gasteiger charge is 2.20. The fourth-order valence-electron chi connectivity index (χ4n) is 2.49. The average Bonchev–Trinajstić information content (AvgIpc) is 3.26. The number of nitrogens with one attached hydrogen (secondary N) is 1. The molecule has 6 nitrogen and oxygen atoms in total. The van der Waals surface area contributed by atoms with Gasteiger partial charge in [-0.25, -0.2) is 9.97 Å². The molecule has 8 heteroatoms. The second-order valence-corrected chi connectivity index (χ2v) is 7.68. The Morgan fingerprint density at radius 3 is 2.81 bits per heavy atom. The molecular weight excluding hydrogens is 366 g/mol. The van der Waals surface area contributed by atoms with Crippen molar-refractivity contribution in [2.45, 2.75) is 45.0 Å². The van der Waals surface area contributed by atoms with Gasteiger partial charge in [0.1, 0.15) is 5.82 Å². The first-order valence-electron chi connectivity index (χ1n) is 8.35. The maximum absolute atomic E-state index is 12.3. The number of amides is 1. The molecule has 2 aromatic heterocycles. The van der Waals surface area contributed by atoms with Crippen LogP contribution in [-0.4, -0.2) is 26.1 Å². The molecule has 0 unspecified atom stereocenters. The monoisotopic (exact) mass is 387 g/mol. The van der Waals surface area contributed by atoms with Gasteiger partial charge < -0.3 is 0 Å². The molecule has 0 saturated carbocycles. The number of thiazole rings is 1. The van der Waals surface area contributed by atoms with Crippen LogP contribution in [0.25, 0.3) is 0 Å². The number of aromatic nitrogens is 4. The Balaban J connectivity index is 1.79. The van der Waals surface area contributed by atoms with Crippen LogP contribution in [0.15, 0.2) is 28.7 Å². The number of nitrogens with zero attached hydrogens (tertiary/aromatic N) is 4. The Labute approximate surface area is 161 Å². The third kappa shape index (κ3) is 3.96. The van der Waals surface area contributed by atoms with E-state index in [-0.39, 0.29) is 5.91 Å². The highest BCUT2D eigenvalue weighted by molar-refractivity contribution is 7.98. The van der Waals surface area contributed by atoms with Gasteiger partial charge in [-0.1, -0.05) is 30.8 Å². The third-order valence-electron chi connectivity index (χ3n) is 4.06. The van der Waals surface area contributed by atoms with Crippen LogP contribution in [0, 0.1) is 13.8 Å². The molecule has 0 aliphatic carbocycles. The van der Waals surface area contributed by atoms with Gasteiger partial charge in [0.2, 0.25) is 11.1 Å². The van der Waals surface area contributed by atoms with Gasteiger partial charge in [0.15, 0.2) is 5.13 Å². The minimum atomic E-state index is -0.0474. The molecule has 0 radical (unpaired) electrons. The van der Waals surface area contributed by atoms with Crippen molar-refractivity contribution in [3.63, 3.8) is 0 Å². The van der Waals surface area contributed by atoms with E-state index in [1.807, 2.05) is 44.4 Å². The van der Waals surface area contributed by atoms with Crippen molar-refractivity contribution in [2.75, 3.05) is 4.90 Å². The van der Waals surface area contributed by atoms with Crippen LogP contribution >= 0.6 is 23.1 Å². The highest BCUT2D eigenvalue weighted by atomic mass is 32.2. The summed E-state index contributed by atoms with van der Waals surface area (Å²) in [6.07, 6.45) is 0.831. The van der Waals surface area contributed by atoms with Gasteiger partial charge in [0.05, 0.1) is 11.4 Å². The van der Waals surface area contributed by atoms with Crippen molar-refractivity contribution in [2.24, 2.45) is 0 Å². The lowest BCUT2D eigenvalue weighted by Gasteiger charge is -2.21. The number of carbonyl (C=O) groups excluding carboxylic acids is 1. The van der Waals surface area contributed by atoms with E-state index < -0.39 is 0 Å². The topological polar surface area (TPSA) is 74.8 Å². The second-order valence-electron chi connectivity index (χ2n) is 5.90. The number of rotatable bonds is 6. The molecule has 1 N–H and O–H groups in total. The normalized spacial score (nSPS) is 10.9. The van der Waals surface area contributed by atoms with Gasteiger partial charge in [-0.05, 0) is 31.0 Å². The van der Waals surface area contributed by atoms with E-state index in [1.165, 1.54) is 23.1 Å². The van der Waals surface area contributed by atoms with E-state index in [1.54, 1.807) is 11.8 Å². The summed E-state index contributed by atoms with van der Waals surface area (Å²) >= 11 is 3.00. The van der Waals surface area contributed by atoms with E-state index in [0.29, 0.717) is 16.0 Å². The maximum atomic E-state index is 12.3. The zero-order valence-electron chi connectivity index (χ0n) is 15.2. The van der Waals surface area contributed by atoms with E-state index in [0.717, 1.165) is 34.8 Å². The number of hydrogen-bond donors (Lipinski definition) is 1. The molecule has 26 heavy (non-hydrogen) atoms. The smallest absolute Gasteiger partial charge is 0.230 e. The number of aromatic amines is 1. The molecule has 0 fully saturated rings. The molecule has 1 amide bonds. The number of hydrogen-bond acceptors (Lipinski definition) is 6. The lowest BCUT2D eigenvalue weighted by molar-refractivity contribution is -0.115. The lowest BCUT2D eigenvalue weighted by atomic mass is 10.1. The average molecular weight is 388 g/mol. The number of aryl methyl sites for hydroxylation is 2. The SMILES string of the molecule is CCc1nc(SCc2csc(N(C(C)=O)c3cccc(C)c3C)n2)n[nH]1. The fraction of sp³-hybridized carbons (Fsp3) is 0.333. The molecule has 0 aliphatic rings. The van der Waals surface area contributed by atoms with Crippen LogP contribution in [0.4, 0.5) is 10.8 Å². The predicted octanol–water partition coefficient (Wildman–Crippen LogP) is 4.42. The molecule has 2 heterocycles. The molecular formula is C18H21N5OS2. The van der Waals surface area contributed by atoms with E-state index in [2.05, 4.69) is 20.2 Å². The van der Waals surface area contributed by atoms with Crippen molar-refractivity contribution in [1.82, 2.24) is 20.2 Å². The minimum Gasteiger partial charge on any atom is -0.274 e. The van der Waals surface area contributed by atoms with Gasteiger partial charge in [0, 0.05) is 24.5 Å². The molecule has 3 aromatic rings. The highest BCUT2D eigenvalue weighted by Crippen LogP contribution is 2.33. The molecule has 0 bridgehead atoms. The van der Waals surface area contributed by atoms with Crippen LogP contribution in [-0.2, 0) is 17.0 Å². The summed E-state index contributed by atoms with van der Waals surface area (Å²) in [5, 5.41) is 10.5. The summed E-state index contributed by atoms with van der Waals surface area (Å²) in [5.41, 5.74) is 4.03. The van der Waals surface area contributed by atoms with E-state index in [4.69, 9.17) is 0 Å². The van der Waals surface area contributed by atoms with E-state index >= 15 is 0 Å². The Hall–Kier alpha value is -2.19. The van der Waals surface area contributed by atoms with E-state index in [9.17, 15) is 4.79 Å². The molecule has 0 spiro atoms. The number of benzene rings is 1. The van der Waals surface area contributed by atoms with Crippen LogP contribution < -0.4 is 4.90 Å². The first-order valence-corrected chi connectivity index (χ1v) is 10.2. The Morgan fingerprint density at radius 1 is 1.31 bits per heavy atom. The summed E-state index contributed by atoms with van der Waals surface area (Å²) < 4.78 is 0. The largest absolute Gasteiger partial charge is 0.274 e. The van der Waals surface area contributed by atoms with Gasteiger partial charge in [0.25, 0.3) is 0 Å². The number of anilines is 2. The van der Waals surface area contributed by atoms with Crippen molar-refractivity contribution in [3.8, 4) is 0 Å². The summed E-state index contributed by atoms with van der Waals surface area (Å²) in [6, 6.07) is 5.97. The van der Waals surface area contributed by atoms with Crippen molar-refractivity contribution in [1.29, 1.82) is 0 Å². The van der Waals surface area contributed by atoms with Crippen molar-refractivity contribution >= 4 is 39.8 Å². The first-order chi connectivity index (χ1) is 12.5. The number of thioether (sulfide) groups is 1. The Morgan fingerprint density at radius 2 is 2.12 bits per heavy atom. The Bertz CT molecular complexity index is 918. The van der Waals surface area contributed by atoms with Crippen molar-refractivity contribution in [3.05, 3.63) is 46.2 Å². The van der Waals surface area contributed by atoms with Crippen LogP contribution in [0.1, 0.15) is 36.5 Å². The standard InChI is InChI=1S/C18H21N5OS2/c1-5-16-20-17(22-21-16)25-9-14-10-26-18(19-14)23(13(4)24)15-8-6-7-11(2)12(15)3/h6-8,10H,5,9H2,1-4H3,(H,20,21,22). The third-order valence-corrected chi connectivity index (χ3v) is 5.81. The van der Waals surface area contributed by atoms with Crippen LogP contribution in [0.3, 0.4) is 0 Å². The number of carbonyl (C=O) groups is 1. The molecule has 0 atom stereocenters. The molecule has 3 rings (SSSR count). The zero-order valence-corrected chi connectivity index (χ0v) is 16.9. The van der Waals surface area contributed by atoms with Crippen LogP contribution in [0.2, 0.25) is 0 Å². The Kier molecular flexibility index (Phi) is 5.73. The van der Waals surface area contributed by atoms with Crippen molar-refractivity contribution < 1.29 is 4.79 Å². The predicted molar refractivity (Wildman–Crippen MR) is 106 cm³/mol. The molecule has 1 aromatic carbocycles. The second kappa shape index (κ2) is 8.01. The van der Waals surface area contributed by atoms with Gasteiger partial charge in [-0.15, -0.1) is 16.4 Å². The summed E-state index contributed by atoms with van der Waals surface area (Å²) in [6.45, 7) is 7.67. The summed E-state index contributed by atoms with van der Waals surface area (Å²) in [4.78, 5) is 23.0. The molecule has 0 aliphatic heterocycles. The summed E-state index contributed by atoms with van der Waals surface area (Å²) in [5.74, 6) is 1.49. The van der Waals surface area contributed by atoms with Gasteiger partial charge in [-0.2, -0.15) is 0 Å². The summed E-state index contributed by atoms with van der Waals surface area (Å²) in [7, 11) is 0. The minimum absolute atomic E-state index is 0.0474. The van der Waals surface area contributed by atoms with Crippen LogP contribution in [0.5, 0.6) is 0 Å². The lowest BCUT2D eigenvalue weighted by Crippen LogP contribution is -2.23. The molecule has 0 saturated heterocycles. The maximum Gasteiger partial charge on any atom is 0.230 e. The number of H-pyrrole nitrogens is 1. The first kappa shape index (κ1) is 18.6. The molecule has 136 valence electrons. The fourth-order valence-corrected chi connectivity index (χ4v) is 4.18. The van der Waals surface area contributed by atoms with Gasteiger partial charge in [-0.3, -0.25) is 14.8 Å².